The van der Waals surface area contributed by atoms with Crippen LogP contribution in [0.15, 0.2) is 0 Å². The van der Waals surface area contributed by atoms with Crippen molar-refractivity contribution in [2.75, 3.05) is 36.5 Å². The lowest BCUT2D eigenvalue weighted by Gasteiger charge is -2.28. The zero-order valence-electron chi connectivity index (χ0n) is 13.3. The van der Waals surface area contributed by atoms with Crippen LogP contribution in [0.1, 0.15) is 43.6 Å². The Balaban J connectivity index is 1.71. The number of rotatable bonds is 3. The number of nitrogen functional groups attached to an aromatic ring is 2. The second-order valence-corrected chi connectivity index (χ2v) is 7.21. The maximum Gasteiger partial charge on any atom is 0.223 e. The molecule has 0 amide bonds. The Labute approximate surface area is 131 Å². The van der Waals surface area contributed by atoms with Gasteiger partial charge in [0.1, 0.15) is 11.6 Å². The van der Waals surface area contributed by atoms with E-state index in [4.69, 9.17) is 11.5 Å². The monoisotopic (exact) mass is 302 g/mol. The van der Waals surface area contributed by atoms with Crippen molar-refractivity contribution in [2.24, 2.45) is 11.8 Å². The molecule has 0 spiro atoms. The highest BCUT2D eigenvalue weighted by Crippen LogP contribution is 2.55. The number of nitrogens with one attached hydrogen (secondary N) is 1. The summed E-state index contributed by atoms with van der Waals surface area (Å²) < 4.78 is 0. The molecule has 4 atom stereocenters. The first-order valence-electron chi connectivity index (χ1n) is 8.50. The number of aromatic nitrogens is 2. The topological polar surface area (TPSA) is 93.1 Å². The minimum Gasteiger partial charge on any atom is -0.383 e. The molecule has 6 nitrogen and oxygen atoms in total. The van der Waals surface area contributed by atoms with Gasteiger partial charge in [-0.3, -0.25) is 0 Å². The first-order valence-corrected chi connectivity index (χ1v) is 8.50. The van der Waals surface area contributed by atoms with Crippen LogP contribution in [0.4, 0.5) is 17.6 Å². The molecule has 6 heteroatoms. The first-order chi connectivity index (χ1) is 10.7. The fraction of sp³-hybridized carbons (Fsp3) is 0.750. The summed E-state index contributed by atoms with van der Waals surface area (Å²) >= 11 is 0. The fourth-order valence-corrected chi connectivity index (χ4v) is 4.88. The molecule has 2 heterocycles. The molecule has 3 fully saturated rings. The number of nitrogens with zero attached hydrogens (tertiary/aromatic N) is 3. The predicted octanol–water partition coefficient (Wildman–Crippen LogP) is 1.34. The van der Waals surface area contributed by atoms with Crippen molar-refractivity contribution in [1.82, 2.24) is 15.3 Å². The van der Waals surface area contributed by atoms with Gasteiger partial charge >= 0.3 is 0 Å². The fourth-order valence-electron chi connectivity index (χ4n) is 4.88. The standard InChI is InChI=1S/C16H26N6/c1-19-11-4-5-22(8-11)15-13(14(17)20-16(18)21-15)12-7-9-2-3-10(12)6-9/h9-12,19H,2-8H2,1H3,(H4,17,18,20,21)/t9-,10+,11+,12+/m1/s1. The van der Waals surface area contributed by atoms with E-state index in [0.29, 0.717) is 23.7 Å². The summed E-state index contributed by atoms with van der Waals surface area (Å²) in [5.74, 6) is 4.08. The van der Waals surface area contributed by atoms with Crippen molar-refractivity contribution in [3.63, 3.8) is 0 Å². The second-order valence-electron chi connectivity index (χ2n) is 7.21. The molecule has 2 bridgehead atoms. The average Bonchev–Trinajstić information content (AvgIpc) is 3.22. The Kier molecular flexibility index (Phi) is 3.36. The maximum absolute atomic E-state index is 6.30. The van der Waals surface area contributed by atoms with Crippen LogP contribution in [0.25, 0.3) is 0 Å². The lowest BCUT2D eigenvalue weighted by Crippen LogP contribution is -2.31. The summed E-state index contributed by atoms with van der Waals surface area (Å²) in [7, 11) is 2.02. The van der Waals surface area contributed by atoms with E-state index in [-0.39, 0.29) is 0 Å². The molecule has 5 N–H and O–H groups in total. The van der Waals surface area contributed by atoms with Gasteiger partial charge in [-0.2, -0.15) is 9.97 Å². The lowest BCUT2D eigenvalue weighted by atomic mass is 9.83. The SMILES string of the molecule is CN[C@H]1CCN(c2nc(N)nc(N)c2[C@H]2C[C@@H]3CC[C@H]2C3)C1. The molecule has 1 saturated heterocycles. The van der Waals surface area contributed by atoms with E-state index in [0.717, 1.165) is 37.2 Å². The van der Waals surface area contributed by atoms with Crippen molar-refractivity contribution >= 4 is 17.6 Å². The van der Waals surface area contributed by atoms with Gasteiger partial charge in [0.05, 0.1) is 0 Å². The van der Waals surface area contributed by atoms with Gasteiger partial charge < -0.3 is 21.7 Å². The molecule has 0 unspecified atom stereocenters. The molecule has 2 aliphatic carbocycles. The average molecular weight is 302 g/mol. The Morgan fingerprint density at radius 2 is 2.00 bits per heavy atom. The van der Waals surface area contributed by atoms with Crippen molar-refractivity contribution in [3.05, 3.63) is 5.56 Å². The Morgan fingerprint density at radius 3 is 2.64 bits per heavy atom. The minimum atomic E-state index is 0.298. The van der Waals surface area contributed by atoms with Crippen LogP contribution in [-0.2, 0) is 0 Å². The summed E-state index contributed by atoms with van der Waals surface area (Å²) in [6.07, 6.45) is 6.46. The quantitative estimate of drug-likeness (QED) is 0.780. The van der Waals surface area contributed by atoms with Crippen LogP contribution in [-0.4, -0.2) is 36.1 Å². The summed E-state index contributed by atoms with van der Waals surface area (Å²) in [5, 5.41) is 3.36. The molecule has 4 rings (SSSR count). The molecule has 1 aromatic heterocycles. The van der Waals surface area contributed by atoms with Crippen LogP contribution in [0, 0.1) is 11.8 Å². The van der Waals surface area contributed by atoms with Gasteiger partial charge in [-0.15, -0.1) is 0 Å². The third-order valence-electron chi connectivity index (χ3n) is 5.98. The van der Waals surface area contributed by atoms with Crippen LogP contribution < -0.4 is 21.7 Å². The summed E-state index contributed by atoms with van der Waals surface area (Å²) in [6.45, 7) is 1.98. The predicted molar refractivity (Wildman–Crippen MR) is 88.7 cm³/mol. The number of nitrogens with two attached hydrogens (primary N) is 2. The van der Waals surface area contributed by atoms with Crippen molar-refractivity contribution in [2.45, 2.75) is 44.1 Å². The van der Waals surface area contributed by atoms with E-state index >= 15 is 0 Å². The number of anilines is 3. The Hall–Kier alpha value is -1.56. The summed E-state index contributed by atoms with van der Waals surface area (Å²) in [5.41, 5.74) is 13.4. The van der Waals surface area contributed by atoms with Gasteiger partial charge in [-0.1, -0.05) is 6.42 Å². The van der Waals surface area contributed by atoms with Gasteiger partial charge in [0.15, 0.2) is 0 Å². The number of likely N-dealkylation sites (N-methyl/N-ethyl adjacent to an activating group) is 1. The van der Waals surface area contributed by atoms with Crippen LogP contribution in [0.2, 0.25) is 0 Å². The van der Waals surface area contributed by atoms with E-state index in [1.165, 1.54) is 31.2 Å². The number of hydrogen-bond donors (Lipinski definition) is 3. The second kappa shape index (κ2) is 5.26. The van der Waals surface area contributed by atoms with Gasteiger partial charge in [-0.05, 0) is 50.5 Å². The zero-order valence-corrected chi connectivity index (χ0v) is 13.3. The molecule has 1 aliphatic heterocycles. The number of hydrogen-bond acceptors (Lipinski definition) is 6. The Morgan fingerprint density at radius 1 is 1.14 bits per heavy atom. The van der Waals surface area contributed by atoms with Crippen molar-refractivity contribution in [3.8, 4) is 0 Å². The molecule has 2 saturated carbocycles. The largest absolute Gasteiger partial charge is 0.383 e. The van der Waals surface area contributed by atoms with Gasteiger partial charge in [0.2, 0.25) is 5.95 Å². The van der Waals surface area contributed by atoms with Gasteiger partial charge in [0.25, 0.3) is 0 Å². The summed E-state index contributed by atoms with van der Waals surface area (Å²) in [6, 6.07) is 0.519. The molecule has 22 heavy (non-hydrogen) atoms. The van der Waals surface area contributed by atoms with E-state index in [2.05, 4.69) is 20.2 Å². The highest BCUT2D eigenvalue weighted by Gasteiger charge is 2.43. The minimum absolute atomic E-state index is 0.298. The van der Waals surface area contributed by atoms with E-state index in [9.17, 15) is 0 Å². The highest BCUT2D eigenvalue weighted by molar-refractivity contribution is 5.62. The van der Waals surface area contributed by atoms with Crippen LogP contribution >= 0.6 is 0 Å². The first kappa shape index (κ1) is 14.1. The molecule has 0 radical (unpaired) electrons. The van der Waals surface area contributed by atoms with Crippen molar-refractivity contribution in [1.29, 1.82) is 0 Å². The van der Waals surface area contributed by atoms with Gasteiger partial charge in [-0.25, -0.2) is 0 Å². The van der Waals surface area contributed by atoms with E-state index in [1.54, 1.807) is 0 Å². The van der Waals surface area contributed by atoms with E-state index < -0.39 is 0 Å². The smallest absolute Gasteiger partial charge is 0.223 e. The molecular formula is C16H26N6. The maximum atomic E-state index is 6.30. The highest BCUT2D eigenvalue weighted by atomic mass is 15.3. The molecule has 3 aliphatic rings. The number of fused-ring (bicyclic) bond motifs is 2. The molecule has 1 aromatic rings. The van der Waals surface area contributed by atoms with Crippen LogP contribution in [0.5, 0.6) is 0 Å². The van der Waals surface area contributed by atoms with Crippen LogP contribution in [0.3, 0.4) is 0 Å². The molecule has 0 aromatic carbocycles. The zero-order chi connectivity index (χ0) is 15.3. The molecular weight excluding hydrogens is 276 g/mol. The summed E-state index contributed by atoms with van der Waals surface area (Å²) in [4.78, 5) is 11.2. The Bertz CT molecular complexity index is 574. The third kappa shape index (κ3) is 2.20. The van der Waals surface area contributed by atoms with Crippen molar-refractivity contribution < 1.29 is 0 Å². The molecule has 120 valence electrons. The normalized spacial score (nSPS) is 33.8. The van der Waals surface area contributed by atoms with E-state index in [1.807, 2.05) is 7.05 Å². The lowest BCUT2D eigenvalue weighted by molar-refractivity contribution is 0.419. The van der Waals surface area contributed by atoms with Gasteiger partial charge in [0, 0.05) is 24.7 Å². The third-order valence-corrected chi connectivity index (χ3v) is 5.98.